The highest BCUT2D eigenvalue weighted by Gasteiger charge is 2.22. The number of nitrogens with zero attached hydrogens (tertiary/aromatic N) is 1. The molecule has 1 atom stereocenters. The van der Waals surface area contributed by atoms with E-state index in [1.807, 2.05) is 24.4 Å². The van der Waals surface area contributed by atoms with Crippen molar-refractivity contribution < 1.29 is 4.74 Å². The maximum atomic E-state index is 5.32. The number of ether oxygens (including phenoxy) is 1. The van der Waals surface area contributed by atoms with E-state index in [0.717, 1.165) is 24.4 Å². The minimum Gasteiger partial charge on any atom is -0.497 e. The summed E-state index contributed by atoms with van der Waals surface area (Å²) in [6.45, 7) is 0.987. The molecule has 2 aromatic rings. The molecule has 3 rings (SSSR count). The molecule has 0 amide bonds. The van der Waals surface area contributed by atoms with Gasteiger partial charge in [-0.2, -0.15) is 0 Å². The number of nitrogens with one attached hydrogen (secondary N) is 1. The van der Waals surface area contributed by atoms with Gasteiger partial charge in [-0.25, -0.2) is 0 Å². The zero-order chi connectivity index (χ0) is 12.4. The van der Waals surface area contributed by atoms with Crippen LogP contribution in [0.1, 0.15) is 22.9 Å². The first-order valence-corrected chi connectivity index (χ1v) is 6.19. The van der Waals surface area contributed by atoms with E-state index in [1.165, 1.54) is 11.1 Å². The summed E-state index contributed by atoms with van der Waals surface area (Å²) in [7, 11) is 1.70. The van der Waals surface area contributed by atoms with Crippen LogP contribution in [-0.4, -0.2) is 18.6 Å². The quantitative estimate of drug-likeness (QED) is 0.874. The Kier molecular flexibility index (Phi) is 2.99. The molecule has 2 heterocycles. The van der Waals surface area contributed by atoms with Crippen LogP contribution in [0, 0.1) is 0 Å². The van der Waals surface area contributed by atoms with Gasteiger partial charge in [0.25, 0.3) is 0 Å². The Hall–Kier alpha value is -1.87. The molecule has 0 saturated heterocycles. The Labute approximate surface area is 107 Å². The highest BCUT2D eigenvalue weighted by atomic mass is 16.5. The SMILES string of the molecule is COc1ccc2c(c1)C(c1ccccn1)NCC2. The summed E-state index contributed by atoms with van der Waals surface area (Å²) in [4.78, 5) is 4.45. The van der Waals surface area contributed by atoms with Crippen LogP contribution in [0.5, 0.6) is 5.75 Å². The topological polar surface area (TPSA) is 34.1 Å². The van der Waals surface area contributed by atoms with Crippen LogP contribution in [0.4, 0.5) is 0 Å². The molecule has 3 nitrogen and oxygen atoms in total. The Bertz CT molecular complexity index is 539. The van der Waals surface area contributed by atoms with E-state index in [0.29, 0.717) is 0 Å². The molecule has 0 radical (unpaired) electrons. The molecule has 0 saturated carbocycles. The van der Waals surface area contributed by atoms with Crippen molar-refractivity contribution in [3.05, 3.63) is 59.4 Å². The number of benzene rings is 1. The third-order valence-corrected chi connectivity index (χ3v) is 3.39. The fourth-order valence-electron chi connectivity index (χ4n) is 2.47. The summed E-state index contributed by atoms with van der Waals surface area (Å²) in [6, 6.07) is 12.5. The minimum absolute atomic E-state index is 0.171. The highest BCUT2D eigenvalue weighted by molar-refractivity contribution is 5.42. The molecule has 1 aliphatic rings. The second-order valence-electron chi connectivity index (χ2n) is 4.46. The number of fused-ring (bicyclic) bond motifs is 1. The lowest BCUT2D eigenvalue weighted by atomic mass is 9.92. The second kappa shape index (κ2) is 4.78. The van der Waals surface area contributed by atoms with E-state index in [4.69, 9.17) is 4.74 Å². The molecule has 0 aliphatic carbocycles. The van der Waals surface area contributed by atoms with Crippen molar-refractivity contribution in [2.24, 2.45) is 0 Å². The molecule has 92 valence electrons. The van der Waals surface area contributed by atoms with E-state index in [-0.39, 0.29) is 6.04 Å². The summed E-state index contributed by atoms with van der Waals surface area (Å²) >= 11 is 0. The first-order valence-electron chi connectivity index (χ1n) is 6.19. The van der Waals surface area contributed by atoms with E-state index < -0.39 is 0 Å². The average Bonchev–Trinajstić information content (AvgIpc) is 2.47. The zero-order valence-electron chi connectivity index (χ0n) is 10.4. The molecular weight excluding hydrogens is 224 g/mol. The number of hydrogen-bond acceptors (Lipinski definition) is 3. The van der Waals surface area contributed by atoms with E-state index >= 15 is 0 Å². The first kappa shape index (κ1) is 11.2. The Morgan fingerprint density at radius 1 is 1.28 bits per heavy atom. The van der Waals surface area contributed by atoms with Crippen molar-refractivity contribution >= 4 is 0 Å². The Balaban J connectivity index is 2.05. The van der Waals surface area contributed by atoms with Gasteiger partial charge in [-0.15, -0.1) is 0 Å². The lowest BCUT2D eigenvalue weighted by molar-refractivity contribution is 0.412. The van der Waals surface area contributed by atoms with Crippen molar-refractivity contribution in [1.29, 1.82) is 0 Å². The largest absolute Gasteiger partial charge is 0.497 e. The summed E-state index contributed by atoms with van der Waals surface area (Å²) < 4.78 is 5.32. The predicted octanol–water partition coefficient (Wildman–Crippen LogP) is 2.33. The van der Waals surface area contributed by atoms with Gasteiger partial charge in [-0.3, -0.25) is 4.98 Å². The molecule has 0 bridgehead atoms. The van der Waals surface area contributed by atoms with Gasteiger partial charge in [0.2, 0.25) is 0 Å². The fraction of sp³-hybridized carbons (Fsp3) is 0.267. The van der Waals surface area contributed by atoms with Crippen LogP contribution in [0.15, 0.2) is 42.6 Å². The molecule has 1 aromatic heterocycles. The van der Waals surface area contributed by atoms with Crippen LogP contribution in [0.25, 0.3) is 0 Å². The molecule has 1 N–H and O–H groups in total. The molecule has 0 fully saturated rings. The highest BCUT2D eigenvalue weighted by Crippen LogP contribution is 2.30. The Morgan fingerprint density at radius 2 is 2.22 bits per heavy atom. The normalized spacial score (nSPS) is 18.2. The van der Waals surface area contributed by atoms with E-state index in [9.17, 15) is 0 Å². The third kappa shape index (κ3) is 1.97. The molecule has 1 unspecified atom stereocenters. The summed E-state index contributed by atoms with van der Waals surface area (Å²) in [5.41, 5.74) is 3.72. The zero-order valence-corrected chi connectivity index (χ0v) is 10.4. The van der Waals surface area contributed by atoms with E-state index in [2.05, 4.69) is 28.5 Å². The monoisotopic (exact) mass is 240 g/mol. The van der Waals surface area contributed by atoms with Crippen molar-refractivity contribution in [2.75, 3.05) is 13.7 Å². The van der Waals surface area contributed by atoms with Crippen LogP contribution in [-0.2, 0) is 6.42 Å². The molecule has 18 heavy (non-hydrogen) atoms. The number of aromatic nitrogens is 1. The second-order valence-corrected chi connectivity index (χ2v) is 4.46. The van der Waals surface area contributed by atoms with Crippen molar-refractivity contribution in [3.63, 3.8) is 0 Å². The van der Waals surface area contributed by atoms with Gasteiger partial charge in [0.1, 0.15) is 5.75 Å². The lowest BCUT2D eigenvalue weighted by Gasteiger charge is -2.27. The van der Waals surface area contributed by atoms with Gasteiger partial charge in [-0.05, 0) is 41.8 Å². The van der Waals surface area contributed by atoms with Gasteiger partial charge in [0.05, 0.1) is 18.8 Å². The van der Waals surface area contributed by atoms with E-state index in [1.54, 1.807) is 7.11 Å². The van der Waals surface area contributed by atoms with Gasteiger partial charge < -0.3 is 10.1 Å². The number of pyridine rings is 1. The smallest absolute Gasteiger partial charge is 0.119 e. The Morgan fingerprint density at radius 3 is 3.00 bits per heavy atom. The third-order valence-electron chi connectivity index (χ3n) is 3.39. The van der Waals surface area contributed by atoms with Gasteiger partial charge >= 0.3 is 0 Å². The maximum absolute atomic E-state index is 5.32. The van der Waals surface area contributed by atoms with Crippen LogP contribution < -0.4 is 10.1 Å². The molecule has 0 spiro atoms. The van der Waals surface area contributed by atoms with Crippen LogP contribution in [0.2, 0.25) is 0 Å². The summed E-state index contributed by atoms with van der Waals surface area (Å²) in [5.74, 6) is 0.901. The van der Waals surface area contributed by atoms with Gasteiger partial charge in [-0.1, -0.05) is 12.1 Å². The minimum atomic E-state index is 0.171. The van der Waals surface area contributed by atoms with Gasteiger partial charge in [0.15, 0.2) is 0 Å². The van der Waals surface area contributed by atoms with Crippen LogP contribution in [0.3, 0.4) is 0 Å². The molecule has 1 aliphatic heterocycles. The number of rotatable bonds is 2. The molecule has 3 heteroatoms. The molecule has 1 aromatic carbocycles. The fourth-order valence-corrected chi connectivity index (χ4v) is 2.47. The van der Waals surface area contributed by atoms with Crippen LogP contribution >= 0.6 is 0 Å². The standard InChI is InChI=1S/C15H16N2O/c1-18-12-6-5-11-7-9-17-15(13(11)10-12)14-4-2-3-8-16-14/h2-6,8,10,15,17H,7,9H2,1H3. The summed E-state index contributed by atoms with van der Waals surface area (Å²) in [5, 5.41) is 3.52. The first-order chi connectivity index (χ1) is 8.88. The summed E-state index contributed by atoms with van der Waals surface area (Å²) in [6.07, 6.45) is 2.90. The van der Waals surface area contributed by atoms with Crippen molar-refractivity contribution in [3.8, 4) is 5.75 Å². The predicted molar refractivity (Wildman–Crippen MR) is 70.8 cm³/mol. The van der Waals surface area contributed by atoms with Gasteiger partial charge in [0, 0.05) is 12.7 Å². The van der Waals surface area contributed by atoms with Crippen molar-refractivity contribution in [1.82, 2.24) is 10.3 Å². The average molecular weight is 240 g/mol. The number of hydrogen-bond donors (Lipinski definition) is 1. The number of methoxy groups -OCH3 is 1. The van der Waals surface area contributed by atoms with Crippen molar-refractivity contribution in [2.45, 2.75) is 12.5 Å². The lowest BCUT2D eigenvalue weighted by Crippen LogP contribution is -2.31. The molecular formula is C15H16N2O. The maximum Gasteiger partial charge on any atom is 0.119 e.